The molecule has 1 aromatic rings. The van der Waals surface area contributed by atoms with Crippen LogP contribution in [0.3, 0.4) is 0 Å². The predicted octanol–water partition coefficient (Wildman–Crippen LogP) is 1.60. The fourth-order valence-corrected chi connectivity index (χ4v) is 3.75. The van der Waals surface area contributed by atoms with E-state index in [9.17, 15) is 13.5 Å². The fourth-order valence-electron chi connectivity index (χ4n) is 3.21. The highest BCUT2D eigenvalue weighted by atomic mass is 32.2. The van der Waals surface area contributed by atoms with Crippen LogP contribution in [0.5, 0.6) is 0 Å². The molecule has 23 heavy (non-hydrogen) atoms. The van der Waals surface area contributed by atoms with Crippen molar-refractivity contribution in [3.05, 3.63) is 34.9 Å². The van der Waals surface area contributed by atoms with E-state index in [0.29, 0.717) is 19.0 Å². The summed E-state index contributed by atoms with van der Waals surface area (Å²) < 4.78 is 25.0. The molecule has 2 rings (SSSR count). The third-order valence-electron chi connectivity index (χ3n) is 4.46. The second-order valence-electron chi connectivity index (χ2n) is 6.76. The van der Waals surface area contributed by atoms with E-state index in [2.05, 4.69) is 15.7 Å². The topological polar surface area (TPSA) is 69.6 Å². The van der Waals surface area contributed by atoms with Gasteiger partial charge in [0.15, 0.2) is 0 Å². The maximum atomic E-state index is 11.2. The number of sulfonamides is 1. The van der Waals surface area contributed by atoms with Gasteiger partial charge in [0.2, 0.25) is 10.0 Å². The number of aryl methyl sites for hydroxylation is 2. The lowest BCUT2D eigenvalue weighted by Crippen LogP contribution is -2.42. The van der Waals surface area contributed by atoms with Crippen molar-refractivity contribution < 1.29 is 13.5 Å². The number of piperidine rings is 1. The van der Waals surface area contributed by atoms with Gasteiger partial charge in [0, 0.05) is 19.6 Å². The van der Waals surface area contributed by atoms with Crippen molar-refractivity contribution in [1.29, 1.82) is 0 Å². The summed E-state index contributed by atoms with van der Waals surface area (Å²) in [7, 11) is -3.14. The summed E-state index contributed by atoms with van der Waals surface area (Å²) in [6.07, 6.45) is 2.75. The number of rotatable bonds is 6. The Balaban J connectivity index is 1.93. The maximum Gasteiger partial charge on any atom is 0.208 e. The lowest BCUT2D eigenvalue weighted by Gasteiger charge is -2.34. The Kier molecular flexibility index (Phi) is 6.19. The van der Waals surface area contributed by atoms with E-state index in [1.54, 1.807) is 0 Å². The van der Waals surface area contributed by atoms with E-state index in [1.165, 1.54) is 6.26 Å². The van der Waals surface area contributed by atoms with Gasteiger partial charge in [-0.3, -0.25) is 0 Å². The Hall–Kier alpha value is -0.950. The molecule has 0 spiro atoms. The van der Waals surface area contributed by atoms with Gasteiger partial charge in [-0.05, 0) is 50.3 Å². The smallest absolute Gasteiger partial charge is 0.208 e. The number of nitrogens with one attached hydrogen (secondary N) is 1. The van der Waals surface area contributed by atoms with Crippen LogP contribution in [0.2, 0.25) is 0 Å². The Labute approximate surface area is 139 Å². The minimum Gasteiger partial charge on any atom is -0.387 e. The van der Waals surface area contributed by atoms with Crippen molar-refractivity contribution in [1.82, 2.24) is 9.62 Å². The van der Waals surface area contributed by atoms with Crippen molar-refractivity contribution >= 4 is 10.0 Å². The number of likely N-dealkylation sites (tertiary alicyclic amines) is 1. The zero-order valence-electron chi connectivity index (χ0n) is 14.2. The van der Waals surface area contributed by atoms with Gasteiger partial charge >= 0.3 is 0 Å². The highest BCUT2D eigenvalue weighted by Gasteiger charge is 2.23. The van der Waals surface area contributed by atoms with E-state index in [4.69, 9.17) is 0 Å². The molecule has 0 amide bonds. The van der Waals surface area contributed by atoms with Gasteiger partial charge < -0.3 is 10.0 Å². The Morgan fingerprint density at radius 1 is 1.39 bits per heavy atom. The van der Waals surface area contributed by atoms with Crippen LogP contribution < -0.4 is 4.72 Å². The van der Waals surface area contributed by atoms with Crippen LogP contribution in [0.1, 0.15) is 35.6 Å². The third kappa shape index (κ3) is 5.88. The number of nitrogens with zero attached hydrogens (tertiary/aromatic N) is 1. The Bertz CT molecular complexity index is 631. The molecule has 1 aliphatic heterocycles. The Morgan fingerprint density at radius 3 is 2.83 bits per heavy atom. The van der Waals surface area contributed by atoms with Crippen molar-refractivity contribution in [2.45, 2.75) is 32.8 Å². The number of benzene rings is 1. The van der Waals surface area contributed by atoms with Gasteiger partial charge in [-0.15, -0.1) is 0 Å². The normalized spacial score (nSPS) is 21.3. The van der Waals surface area contributed by atoms with Gasteiger partial charge in [0.1, 0.15) is 0 Å². The van der Waals surface area contributed by atoms with Gasteiger partial charge in [-0.1, -0.05) is 23.8 Å². The largest absolute Gasteiger partial charge is 0.387 e. The molecule has 0 unspecified atom stereocenters. The van der Waals surface area contributed by atoms with Crippen LogP contribution in [0.15, 0.2) is 18.2 Å². The second-order valence-corrected chi connectivity index (χ2v) is 8.60. The number of hydrogen-bond acceptors (Lipinski definition) is 4. The standard InChI is InChI=1S/C17H28N2O3S/c1-13-6-7-14(2)16(9-13)17(20)12-19-8-4-5-15(11-19)10-18-23(3,21)22/h6-7,9,15,17-18,20H,4-5,8,10-12H2,1-3H3/t15-,17-/m0/s1. The molecule has 1 aromatic carbocycles. The van der Waals surface area contributed by atoms with Crippen LogP contribution >= 0.6 is 0 Å². The van der Waals surface area contributed by atoms with Crippen LogP contribution in [0.4, 0.5) is 0 Å². The van der Waals surface area contributed by atoms with Crippen molar-refractivity contribution in [2.75, 3.05) is 32.4 Å². The average Bonchev–Trinajstić information content (AvgIpc) is 2.47. The van der Waals surface area contributed by atoms with E-state index in [1.807, 2.05) is 26.0 Å². The molecule has 0 bridgehead atoms. The first-order chi connectivity index (χ1) is 10.7. The monoisotopic (exact) mass is 340 g/mol. The number of β-amino-alcohol motifs (C(OH)–C–C–N with tert-alkyl or cyclic N) is 1. The van der Waals surface area contributed by atoms with Crippen molar-refractivity contribution in [3.8, 4) is 0 Å². The first-order valence-corrected chi connectivity index (χ1v) is 10.1. The van der Waals surface area contributed by atoms with E-state index >= 15 is 0 Å². The molecule has 1 heterocycles. The lowest BCUT2D eigenvalue weighted by atomic mass is 9.96. The van der Waals surface area contributed by atoms with Gasteiger partial charge in [0.05, 0.1) is 12.4 Å². The van der Waals surface area contributed by atoms with Gasteiger partial charge in [0.25, 0.3) is 0 Å². The molecular weight excluding hydrogens is 312 g/mol. The van der Waals surface area contributed by atoms with Crippen LogP contribution in [0.25, 0.3) is 0 Å². The molecule has 1 aliphatic rings. The number of aliphatic hydroxyl groups excluding tert-OH is 1. The van der Waals surface area contributed by atoms with Crippen molar-refractivity contribution in [3.63, 3.8) is 0 Å². The fraction of sp³-hybridized carbons (Fsp3) is 0.647. The van der Waals surface area contributed by atoms with Crippen LogP contribution in [-0.2, 0) is 10.0 Å². The molecule has 0 aliphatic carbocycles. The summed E-state index contributed by atoms with van der Waals surface area (Å²) in [6, 6.07) is 6.15. The zero-order chi connectivity index (χ0) is 17.0. The maximum absolute atomic E-state index is 11.2. The summed E-state index contributed by atoms with van der Waals surface area (Å²) in [6.45, 7) is 6.91. The second kappa shape index (κ2) is 7.75. The molecule has 130 valence electrons. The molecule has 1 saturated heterocycles. The Morgan fingerprint density at radius 2 is 2.13 bits per heavy atom. The van der Waals surface area contributed by atoms with Gasteiger partial charge in [-0.2, -0.15) is 0 Å². The summed E-state index contributed by atoms with van der Waals surface area (Å²) in [4.78, 5) is 2.24. The number of hydrogen-bond donors (Lipinski definition) is 2. The van der Waals surface area contributed by atoms with Crippen LogP contribution in [0, 0.1) is 19.8 Å². The van der Waals surface area contributed by atoms with E-state index in [0.717, 1.165) is 42.6 Å². The highest BCUT2D eigenvalue weighted by Crippen LogP contribution is 2.23. The molecular formula is C17H28N2O3S. The first-order valence-electron chi connectivity index (χ1n) is 8.17. The summed E-state index contributed by atoms with van der Waals surface area (Å²) in [5.74, 6) is 0.310. The third-order valence-corrected chi connectivity index (χ3v) is 5.15. The molecule has 0 saturated carbocycles. The SMILES string of the molecule is Cc1ccc(C)c([C@@H](O)CN2CCC[C@@H](CNS(C)(=O)=O)C2)c1. The molecule has 2 atom stereocenters. The minimum absolute atomic E-state index is 0.310. The summed E-state index contributed by atoms with van der Waals surface area (Å²) >= 11 is 0. The average molecular weight is 340 g/mol. The minimum atomic E-state index is -3.14. The summed E-state index contributed by atoms with van der Waals surface area (Å²) in [5, 5.41) is 10.6. The van der Waals surface area contributed by atoms with Crippen LogP contribution in [-0.4, -0.2) is 50.9 Å². The molecule has 0 aromatic heterocycles. The molecule has 5 nitrogen and oxygen atoms in total. The zero-order valence-corrected chi connectivity index (χ0v) is 15.1. The lowest BCUT2D eigenvalue weighted by molar-refractivity contribution is 0.0848. The molecule has 1 fully saturated rings. The predicted molar refractivity (Wildman–Crippen MR) is 92.9 cm³/mol. The first kappa shape index (κ1) is 18.4. The highest BCUT2D eigenvalue weighted by molar-refractivity contribution is 7.88. The van der Waals surface area contributed by atoms with E-state index in [-0.39, 0.29) is 0 Å². The molecule has 0 radical (unpaired) electrons. The summed E-state index contributed by atoms with van der Waals surface area (Å²) in [5.41, 5.74) is 3.25. The molecule has 6 heteroatoms. The number of aliphatic hydroxyl groups is 1. The molecule has 2 N–H and O–H groups in total. The quantitative estimate of drug-likeness (QED) is 0.825. The van der Waals surface area contributed by atoms with E-state index < -0.39 is 16.1 Å². The van der Waals surface area contributed by atoms with Crippen molar-refractivity contribution in [2.24, 2.45) is 5.92 Å². The van der Waals surface area contributed by atoms with Gasteiger partial charge in [-0.25, -0.2) is 13.1 Å².